The highest BCUT2D eigenvalue weighted by atomic mass is 35.5. The second-order valence-electron chi connectivity index (χ2n) is 5.21. The van der Waals surface area contributed by atoms with Gasteiger partial charge < -0.3 is 9.15 Å². The van der Waals surface area contributed by atoms with Crippen molar-refractivity contribution in [1.29, 1.82) is 0 Å². The van der Waals surface area contributed by atoms with Gasteiger partial charge >= 0.3 is 6.01 Å². The molecule has 1 saturated heterocycles. The van der Waals surface area contributed by atoms with Crippen LogP contribution in [-0.4, -0.2) is 36.9 Å². The van der Waals surface area contributed by atoms with E-state index >= 15 is 0 Å². The predicted octanol–water partition coefficient (Wildman–Crippen LogP) is 1.99. The maximum absolute atomic E-state index is 12.2. The molecular formula is C14H14ClN3O5S. The van der Waals surface area contributed by atoms with Gasteiger partial charge in [-0.05, 0) is 37.1 Å². The second kappa shape index (κ2) is 6.88. The molecule has 1 aliphatic heterocycles. The first kappa shape index (κ1) is 16.9. The Labute approximate surface area is 143 Å². The summed E-state index contributed by atoms with van der Waals surface area (Å²) in [6.45, 7) is 0.619. The molecule has 1 fully saturated rings. The number of amides is 1. The molecule has 1 aliphatic rings. The van der Waals surface area contributed by atoms with Gasteiger partial charge in [-0.2, -0.15) is 0 Å². The fraction of sp³-hybridized carbons (Fsp3) is 0.357. The summed E-state index contributed by atoms with van der Waals surface area (Å²) in [5.41, 5.74) is 0. The summed E-state index contributed by atoms with van der Waals surface area (Å²) in [5, 5.41) is 10.2. The summed E-state index contributed by atoms with van der Waals surface area (Å²) >= 11 is 5.72. The molecule has 0 saturated carbocycles. The van der Waals surface area contributed by atoms with Crippen LogP contribution in [0, 0.1) is 0 Å². The fourth-order valence-corrected chi connectivity index (χ4v) is 3.50. The van der Waals surface area contributed by atoms with Gasteiger partial charge in [0, 0.05) is 11.6 Å². The van der Waals surface area contributed by atoms with E-state index in [0.29, 0.717) is 11.6 Å². The van der Waals surface area contributed by atoms with E-state index in [1.165, 1.54) is 24.3 Å². The first-order chi connectivity index (χ1) is 11.4. The Kier molecular flexibility index (Phi) is 4.83. The summed E-state index contributed by atoms with van der Waals surface area (Å²) in [6, 6.07) is 5.41. The number of nitrogens with one attached hydrogen (secondary N) is 1. The summed E-state index contributed by atoms with van der Waals surface area (Å²) in [5.74, 6) is -1.25. The molecule has 24 heavy (non-hydrogen) atoms. The molecule has 10 heteroatoms. The predicted molar refractivity (Wildman–Crippen MR) is 84.4 cm³/mol. The summed E-state index contributed by atoms with van der Waals surface area (Å²) in [7, 11) is -3.79. The molecule has 3 rings (SSSR count). The molecule has 1 atom stereocenters. The molecule has 1 amide bonds. The highest BCUT2D eigenvalue weighted by molar-refractivity contribution is 7.92. The SMILES string of the molecule is O=C(CS(=O)(=O)c1ccc(Cl)cc1)Nc1nnc(C2CCCO2)o1. The second-order valence-corrected chi connectivity index (χ2v) is 7.63. The normalized spacial score (nSPS) is 17.8. The molecular weight excluding hydrogens is 358 g/mol. The summed E-state index contributed by atoms with van der Waals surface area (Å²) < 4.78 is 35.0. The molecule has 128 valence electrons. The van der Waals surface area contributed by atoms with Crippen molar-refractivity contribution in [2.24, 2.45) is 0 Å². The number of sulfone groups is 1. The fourth-order valence-electron chi connectivity index (χ4n) is 2.24. The third-order valence-corrected chi connectivity index (χ3v) is 5.27. The van der Waals surface area contributed by atoms with E-state index in [-0.39, 0.29) is 22.9 Å². The lowest BCUT2D eigenvalue weighted by molar-refractivity contribution is -0.114. The van der Waals surface area contributed by atoms with Crippen LogP contribution in [0.25, 0.3) is 0 Å². The molecule has 0 bridgehead atoms. The van der Waals surface area contributed by atoms with E-state index in [4.69, 9.17) is 20.8 Å². The monoisotopic (exact) mass is 371 g/mol. The zero-order valence-electron chi connectivity index (χ0n) is 12.4. The zero-order chi connectivity index (χ0) is 17.2. The Morgan fingerprint density at radius 2 is 2.04 bits per heavy atom. The van der Waals surface area contributed by atoms with Crippen LogP contribution in [0.15, 0.2) is 33.6 Å². The largest absolute Gasteiger partial charge is 0.405 e. The molecule has 1 aromatic carbocycles. The lowest BCUT2D eigenvalue weighted by Crippen LogP contribution is -2.23. The van der Waals surface area contributed by atoms with Crippen LogP contribution in [0.1, 0.15) is 24.8 Å². The van der Waals surface area contributed by atoms with Gasteiger partial charge in [0.05, 0.1) is 4.90 Å². The zero-order valence-corrected chi connectivity index (χ0v) is 14.0. The van der Waals surface area contributed by atoms with Crippen molar-refractivity contribution in [1.82, 2.24) is 10.2 Å². The van der Waals surface area contributed by atoms with Crippen LogP contribution in [0.5, 0.6) is 0 Å². The van der Waals surface area contributed by atoms with Gasteiger partial charge in [-0.1, -0.05) is 16.7 Å². The first-order valence-corrected chi connectivity index (χ1v) is 9.20. The van der Waals surface area contributed by atoms with Crippen molar-refractivity contribution < 1.29 is 22.4 Å². The van der Waals surface area contributed by atoms with E-state index in [1.54, 1.807) is 0 Å². The maximum atomic E-state index is 12.2. The van der Waals surface area contributed by atoms with Gasteiger partial charge in [0.15, 0.2) is 9.84 Å². The number of carbonyl (C=O) groups excluding carboxylic acids is 1. The minimum absolute atomic E-state index is 0.00706. The molecule has 1 unspecified atom stereocenters. The van der Waals surface area contributed by atoms with Gasteiger partial charge in [-0.3, -0.25) is 10.1 Å². The number of hydrogen-bond donors (Lipinski definition) is 1. The molecule has 2 heterocycles. The lowest BCUT2D eigenvalue weighted by atomic mass is 10.2. The number of anilines is 1. The number of ether oxygens (including phenoxy) is 1. The first-order valence-electron chi connectivity index (χ1n) is 7.17. The molecule has 0 aliphatic carbocycles. The quantitative estimate of drug-likeness (QED) is 0.855. The van der Waals surface area contributed by atoms with Crippen molar-refractivity contribution >= 4 is 33.4 Å². The lowest BCUT2D eigenvalue weighted by Gasteiger charge is -2.04. The van der Waals surface area contributed by atoms with Crippen molar-refractivity contribution in [2.45, 2.75) is 23.8 Å². The van der Waals surface area contributed by atoms with Gasteiger partial charge in [0.1, 0.15) is 11.9 Å². The van der Waals surface area contributed by atoms with Gasteiger partial charge in [-0.15, -0.1) is 5.10 Å². The van der Waals surface area contributed by atoms with E-state index in [0.717, 1.165) is 12.8 Å². The Balaban J connectivity index is 1.63. The standard InChI is InChI=1S/C14H14ClN3O5S/c15-9-3-5-10(6-4-9)24(20,21)8-12(19)16-14-18-17-13(23-14)11-2-1-7-22-11/h3-6,11H,1-2,7-8H2,(H,16,18,19). The van der Waals surface area contributed by atoms with Crippen molar-refractivity contribution in [3.8, 4) is 0 Å². The van der Waals surface area contributed by atoms with E-state index in [1.807, 2.05) is 0 Å². The Morgan fingerprint density at radius 1 is 1.29 bits per heavy atom. The number of hydrogen-bond acceptors (Lipinski definition) is 7. The number of halogens is 1. The smallest absolute Gasteiger partial charge is 0.322 e. The van der Waals surface area contributed by atoms with E-state index in [2.05, 4.69) is 15.5 Å². The van der Waals surface area contributed by atoms with Crippen LogP contribution in [0.3, 0.4) is 0 Å². The van der Waals surface area contributed by atoms with E-state index in [9.17, 15) is 13.2 Å². The minimum atomic E-state index is -3.79. The number of rotatable bonds is 5. The number of carbonyl (C=O) groups is 1. The third-order valence-electron chi connectivity index (χ3n) is 3.39. The van der Waals surface area contributed by atoms with Crippen LogP contribution < -0.4 is 5.32 Å². The van der Waals surface area contributed by atoms with Gasteiger partial charge in [-0.25, -0.2) is 8.42 Å². The molecule has 1 aromatic heterocycles. The molecule has 8 nitrogen and oxygen atoms in total. The highest BCUT2D eigenvalue weighted by Gasteiger charge is 2.25. The Morgan fingerprint density at radius 3 is 2.71 bits per heavy atom. The summed E-state index contributed by atoms with van der Waals surface area (Å²) in [4.78, 5) is 11.9. The number of aromatic nitrogens is 2. The van der Waals surface area contributed by atoms with Crippen LogP contribution in [-0.2, 0) is 19.4 Å². The average Bonchev–Trinajstić information content (AvgIpc) is 3.17. The van der Waals surface area contributed by atoms with Crippen LogP contribution >= 0.6 is 11.6 Å². The van der Waals surface area contributed by atoms with Gasteiger partial charge in [0.25, 0.3) is 0 Å². The molecule has 0 spiro atoms. The van der Waals surface area contributed by atoms with Crippen molar-refractivity contribution in [3.05, 3.63) is 35.2 Å². The van der Waals surface area contributed by atoms with E-state index < -0.39 is 21.5 Å². The van der Waals surface area contributed by atoms with Crippen LogP contribution in [0.2, 0.25) is 5.02 Å². The minimum Gasteiger partial charge on any atom is -0.405 e. The van der Waals surface area contributed by atoms with Crippen LogP contribution in [0.4, 0.5) is 6.01 Å². The molecule has 2 aromatic rings. The van der Waals surface area contributed by atoms with Gasteiger partial charge in [0.2, 0.25) is 11.8 Å². The summed E-state index contributed by atoms with van der Waals surface area (Å²) in [6.07, 6.45) is 1.38. The van der Waals surface area contributed by atoms with Crippen molar-refractivity contribution in [3.63, 3.8) is 0 Å². The Bertz CT molecular complexity index is 828. The highest BCUT2D eigenvalue weighted by Crippen LogP contribution is 2.28. The topological polar surface area (TPSA) is 111 Å². The van der Waals surface area contributed by atoms with Crippen molar-refractivity contribution in [2.75, 3.05) is 17.7 Å². The number of nitrogens with zero attached hydrogens (tertiary/aromatic N) is 2. The molecule has 1 N–H and O–H groups in total. The Hall–Kier alpha value is -1.97. The molecule has 0 radical (unpaired) electrons. The third kappa shape index (κ3) is 3.92. The number of benzene rings is 1. The average molecular weight is 372 g/mol. The maximum Gasteiger partial charge on any atom is 0.322 e.